The second-order valence-corrected chi connectivity index (χ2v) is 5.42. The van der Waals surface area contributed by atoms with Crippen LogP contribution in [-0.4, -0.2) is 23.6 Å². The minimum atomic E-state index is 0.301. The summed E-state index contributed by atoms with van der Waals surface area (Å²) in [5.74, 6) is 1.26. The normalized spacial score (nSPS) is 33.5. The molecule has 0 radical (unpaired) electrons. The Kier molecular flexibility index (Phi) is 2.87. The van der Waals surface area contributed by atoms with E-state index in [1.54, 1.807) is 0 Å². The van der Waals surface area contributed by atoms with E-state index in [1.165, 1.54) is 25.7 Å². The Hall–Kier alpha value is -0.770. The highest BCUT2D eigenvalue weighted by Gasteiger charge is 2.43. The van der Waals surface area contributed by atoms with E-state index in [1.807, 2.05) is 0 Å². The molecule has 86 valence electrons. The summed E-state index contributed by atoms with van der Waals surface area (Å²) < 4.78 is 0. The maximum Gasteiger partial charge on any atom is 0.139 e. The van der Waals surface area contributed by atoms with Crippen LogP contribution in [0.15, 0.2) is 5.16 Å². The van der Waals surface area contributed by atoms with Gasteiger partial charge < -0.3 is 16.3 Å². The molecule has 0 aromatic carbocycles. The van der Waals surface area contributed by atoms with Crippen molar-refractivity contribution in [3.05, 3.63) is 0 Å². The molecule has 2 rings (SSSR count). The van der Waals surface area contributed by atoms with Crippen molar-refractivity contribution in [1.82, 2.24) is 5.32 Å². The van der Waals surface area contributed by atoms with E-state index < -0.39 is 0 Å². The fraction of sp³-hybridized carbons (Fsp3) is 0.909. The SMILES string of the molecule is CC1CC(NCC2(CC(N)=NO)CC2)C1. The van der Waals surface area contributed by atoms with Crippen LogP contribution in [0.3, 0.4) is 0 Å². The lowest BCUT2D eigenvalue weighted by Gasteiger charge is -2.34. The fourth-order valence-electron chi connectivity index (χ4n) is 2.44. The van der Waals surface area contributed by atoms with Crippen LogP contribution >= 0.6 is 0 Å². The molecular formula is C11H21N3O. The van der Waals surface area contributed by atoms with Gasteiger partial charge in [-0.25, -0.2) is 0 Å². The van der Waals surface area contributed by atoms with Gasteiger partial charge in [0, 0.05) is 19.0 Å². The Bertz CT molecular complexity index is 255. The van der Waals surface area contributed by atoms with E-state index in [0.717, 1.165) is 18.9 Å². The molecule has 15 heavy (non-hydrogen) atoms. The number of hydrogen-bond donors (Lipinski definition) is 3. The predicted molar refractivity (Wildman–Crippen MR) is 59.9 cm³/mol. The van der Waals surface area contributed by atoms with Gasteiger partial charge in [-0.3, -0.25) is 0 Å². The fourth-order valence-corrected chi connectivity index (χ4v) is 2.44. The van der Waals surface area contributed by atoms with Crippen molar-refractivity contribution < 1.29 is 5.21 Å². The Morgan fingerprint density at radius 3 is 2.67 bits per heavy atom. The Morgan fingerprint density at radius 2 is 2.20 bits per heavy atom. The number of oxime groups is 1. The molecule has 0 amide bonds. The van der Waals surface area contributed by atoms with E-state index in [-0.39, 0.29) is 0 Å². The van der Waals surface area contributed by atoms with Gasteiger partial charge in [0.25, 0.3) is 0 Å². The van der Waals surface area contributed by atoms with Crippen molar-refractivity contribution in [2.24, 2.45) is 22.2 Å². The van der Waals surface area contributed by atoms with Gasteiger partial charge in [0.2, 0.25) is 0 Å². The zero-order chi connectivity index (χ0) is 10.9. The summed E-state index contributed by atoms with van der Waals surface area (Å²) in [5, 5.41) is 15.2. The van der Waals surface area contributed by atoms with Gasteiger partial charge >= 0.3 is 0 Å². The van der Waals surface area contributed by atoms with Gasteiger partial charge in [0.05, 0.1) is 0 Å². The highest BCUT2D eigenvalue weighted by Crippen LogP contribution is 2.48. The zero-order valence-corrected chi connectivity index (χ0v) is 9.37. The Balaban J connectivity index is 1.70. The van der Waals surface area contributed by atoms with Crippen LogP contribution in [0.4, 0.5) is 0 Å². The van der Waals surface area contributed by atoms with Crippen molar-refractivity contribution in [3.8, 4) is 0 Å². The molecule has 4 N–H and O–H groups in total. The van der Waals surface area contributed by atoms with Crippen molar-refractivity contribution in [2.45, 2.75) is 45.1 Å². The molecule has 0 aromatic heterocycles. The number of amidine groups is 1. The molecule has 4 heteroatoms. The first-order valence-electron chi connectivity index (χ1n) is 5.83. The van der Waals surface area contributed by atoms with Crippen LogP contribution in [-0.2, 0) is 0 Å². The van der Waals surface area contributed by atoms with Gasteiger partial charge in [-0.05, 0) is 37.0 Å². The van der Waals surface area contributed by atoms with E-state index in [0.29, 0.717) is 17.3 Å². The van der Waals surface area contributed by atoms with Crippen LogP contribution in [0.2, 0.25) is 0 Å². The molecule has 0 unspecified atom stereocenters. The highest BCUT2D eigenvalue weighted by molar-refractivity contribution is 5.80. The number of hydrogen-bond acceptors (Lipinski definition) is 3. The summed E-state index contributed by atoms with van der Waals surface area (Å²) >= 11 is 0. The molecular weight excluding hydrogens is 190 g/mol. The third-order valence-electron chi connectivity index (χ3n) is 3.78. The lowest BCUT2D eigenvalue weighted by Crippen LogP contribution is -2.43. The second kappa shape index (κ2) is 4.00. The molecule has 2 aliphatic carbocycles. The topological polar surface area (TPSA) is 70.6 Å². The van der Waals surface area contributed by atoms with Gasteiger partial charge in [0.1, 0.15) is 5.84 Å². The number of nitrogens with zero attached hydrogens (tertiary/aromatic N) is 1. The molecule has 2 aliphatic rings. The first-order chi connectivity index (χ1) is 7.13. The third kappa shape index (κ3) is 2.62. The Labute approximate surface area is 90.9 Å². The molecule has 0 saturated heterocycles. The molecule has 2 fully saturated rings. The van der Waals surface area contributed by atoms with Crippen LogP contribution in [0.25, 0.3) is 0 Å². The monoisotopic (exact) mass is 211 g/mol. The number of rotatable bonds is 5. The highest BCUT2D eigenvalue weighted by atomic mass is 16.4. The molecule has 0 atom stereocenters. The first kappa shape index (κ1) is 10.7. The predicted octanol–water partition coefficient (Wildman–Crippen LogP) is 1.29. The lowest BCUT2D eigenvalue weighted by atomic mass is 9.81. The van der Waals surface area contributed by atoms with E-state index in [9.17, 15) is 0 Å². The van der Waals surface area contributed by atoms with Crippen molar-refractivity contribution >= 4 is 5.84 Å². The van der Waals surface area contributed by atoms with Gasteiger partial charge in [-0.1, -0.05) is 12.1 Å². The van der Waals surface area contributed by atoms with E-state index in [4.69, 9.17) is 10.9 Å². The van der Waals surface area contributed by atoms with Crippen LogP contribution < -0.4 is 11.1 Å². The van der Waals surface area contributed by atoms with E-state index >= 15 is 0 Å². The molecule has 4 nitrogen and oxygen atoms in total. The summed E-state index contributed by atoms with van der Waals surface area (Å²) in [6.45, 7) is 3.32. The molecule has 0 aromatic rings. The minimum absolute atomic E-state index is 0.301. The standard InChI is InChI=1S/C11H21N3O/c1-8-4-9(5-8)13-7-11(2-3-11)6-10(12)14-15/h8-9,13,15H,2-7H2,1H3,(H2,12,14). The molecule has 0 bridgehead atoms. The minimum Gasteiger partial charge on any atom is -0.409 e. The van der Waals surface area contributed by atoms with E-state index in [2.05, 4.69) is 17.4 Å². The van der Waals surface area contributed by atoms with Crippen LogP contribution in [0.1, 0.15) is 39.0 Å². The van der Waals surface area contributed by atoms with Crippen molar-refractivity contribution in [2.75, 3.05) is 6.54 Å². The summed E-state index contributed by atoms with van der Waals surface area (Å²) in [5.41, 5.74) is 5.85. The molecule has 0 heterocycles. The average molecular weight is 211 g/mol. The number of nitrogens with two attached hydrogens (primary N) is 1. The lowest BCUT2D eigenvalue weighted by molar-refractivity contribution is 0.228. The summed E-state index contributed by atoms with van der Waals surface area (Å²) in [6, 6.07) is 0.713. The van der Waals surface area contributed by atoms with Crippen molar-refractivity contribution in [1.29, 1.82) is 0 Å². The molecule has 0 aliphatic heterocycles. The van der Waals surface area contributed by atoms with Crippen LogP contribution in [0.5, 0.6) is 0 Å². The van der Waals surface area contributed by atoms with Gasteiger partial charge in [0.15, 0.2) is 0 Å². The summed E-state index contributed by atoms with van der Waals surface area (Å²) in [4.78, 5) is 0. The zero-order valence-electron chi connectivity index (χ0n) is 9.37. The second-order valence-electron chi connectivity index (χ2n) is 5.42. The first-order valence-corrected chi connectivity index (χ1v) is 5.83. The maximum absolute atomic E-state index is 8.54. The largest absolute Gasteiger partial charge is 0.409 e. The summed E-state index contributed by atoms with van der Waals surface area (Å²) in [7, 11) is 0. The third-order valence-corrected chi connectivity index (χ3v) is 3.78. The van der Waals surface area contributed by atoms with Gasteiger partial charge in [-0.15, -0.1) is 0 Å². The van der Waals surface area contributed by atoms with Gasteiger partial charge in [-0.2, -0.15) is 0 Å². The Morgan fingerprint density at radius 1 is 1.53 bits per heavy atom. The molecule has 0 spiro atoms. The molecule has 2 saturated carbocycles. The van der Waals surface area contributed by atoms with Crippen LogP contribution in [0, 0.1) is 11.3 Å². The maximum atomic E-state index is 8.54. The summed E-state index contributed by atoms with van der Waals surface area (Å²) in [6.07, 6.45) is 5.76. The number of nitrogens with one attached hydrogen (secondary N) is 1. The smallest absolute Gasteiger partial charge is 0.139 e. The van der Waals surface area contributed by atoms with Crippen molar-refractivity contribution in [3.63, 3.8) is 0 Å². The average Bonchev–Trinajstić information content (AvgIpc) is 2.91. The quantitative estimate of drug-likeness (QED) is 0.278.